The molecule has 6 rings (SSSR count). The Hall–Kier alpha value is -4.47. The number of hydrogen-bond donors (Lipinski definition) is 0. The van der Waals surface area contributed by atoms with Gasteiger partial charge in [-0.05, 0) is 67.6 Å². The molecule has 0 aromatic heterocycles. The van der Waals surface area contributed by atoms with E-state index < -0.39 is 11.6 Å². The van der Waals surface area contributed by atoms with Gasteiger partial charge in [-0.3, -0.25) is 9.69 Å². The number of anilines is 2. The number of benzene rings is 3. The van der Waals surface area contributed by atoms with Crippen LogP contribution in [0.25, 0.3) is 0 Å². The van der Waals surface area contributed by atoms with Crippen molar-refractivity contribution in [2.45, 2.75) is 45.3 Å². The summed E-state index contributed by atoms with van der Waals surface area (Å²) >= 11 is 0. The highest BCUT2D eigenvalue weighted by Gasteiger charge is 2.40. The Morgan fingerprint density at radius 2 is 1.51 bits per heavy atom. The van der Waals surface area contributed by atoms with Gasteiger partial charge < -0.3 is 14.7 Å². The van der Waals surface area contributed by atoms with Crippen LogP contribution in [0.5, 0.6) is 0 Å². The fraction of sp³-hybridized carbons (Fsp3) is 0.382. The third-order valence-electron chi connectivity index (χ3n) is 9.23. The normalized spacial score (nSPS) is 20.2. The predicted octanol–water partition coefficient (Wildman–Crippen LogP) is 5.14. The highest BCUT2D eigenvalue weighted by atomic mass is 19.1. The Balaban J connectivity index is 1.13. The first-order valence-electron chi connectivity index (χ1n) is 14.8. The molecule has 0 aliphatic carbocycles. The molecule has 0 N–H and O–H groups in total. The van der Waals surface area contributed by atoms with Gasteiger partial charge in [-0.2, -0.15) is 10.5 Å². The van der Waals surface area contributed by atoms with Crippen molar-refractivity contribution < 1.29 is 13.6 Å². The highest BCUT2D eigenvalue weighted by Crippen LogP contribution is 2.37. The molecule has 3 aromatic rings. The van der Waals surface area contributed by atoms with Crippen LogP contribution in [0.4, 0.5) is 20.2 Å². The van der Waals surface area contributed by atoms with Crippen molar-refractivity contribution in [3.8, 4) is 12.1 Å². The van der Waals surface area contributed by atoms with Gasteiger partial charge in [-0.25, -0.2) is 8.78 Å². The summed E-state index contributed by atoms with van der Waals surface area (Å²) in [5.74, 6) is -1.44. The number of carbonyl (C=O) groups is 1. The SMILES string of the molecule is Cc1cc(C)c(C(=O)N2CCN(c3cc(F)c(C#N)cc3F)CC2)cc1CN1CC2CCC(C1)N2c1ccccc1C#N. The molecule has 3 heterocycles. The molecule has 220 valence electrons. The van der Waals surface area contributed by atoms with Crippen molar-refractivity contribution in [3.05, 3.63) is 93.5 Å². The Morgan fingerprint density at radius 1 is 0.837 bits per heavy atom. The minimum atomic E-state index is -0.749. The zero-order chi connectivity index (χ0) is 30.2. The monoisotopic (exact) mass is 580 g/mol. The van der Waals surface area contributed by atoms with Gasteiger partial charge in [0, 0.05) is 69.5 Å². The number of amides is 1. The molecule has 0 radical (unpaired) electrons. The molecule has 3 aliphatic rings. The van der Waals surface area contributed by atoms with Gasteiger partial charge in [-0.15, -0.1) is 0 Å². The quantitative estimate of drug-likeness (QED) is 0.416. The van der Waals surface area contributed by atoms with E-state index in [0.717, 1.165) is 72.5 Å². The van der Waals surface area contributed by atoms with Crippen LogP contribution in [0.1, 0.15) is 51.0 Å². The minimum Gasteiger partial charge on any atom is -0.366 e. The first-order valence-corrected chi connectivity index (χ1v) is 14.8. The van der Waals surface area contributed by atoms with Crippen LogP contribution in [-0.4, -0.2) is 67.1 Å². The number of piperazine rings is 2. The molecule has 43 heavy (non-hydrogen) atoms. The lowest BCUT2D eigenvalue weighted by atomic mass is 9.97. The molecule has 2 bridgehead atoms. The van der Waals surface area contributed by atoms with Crippen LogP contribution in [0.3, 0.4) is 0 Å². The molecule has 3 fully saturated rings. The number of likely N-dealkylation sites (tertiary alicyclic amines) is 1. The molecule has 3 aliphatic heterocycles. The average molecular weight is 581 g/mol. The standard InChI is InChI=1S/C34H34F2N6O/c1-22-13-23(2)29(34(43)41-11-9-40(10-12-41)33-16-30(35)25(18-38)15-31(33)36)14-26(22)19-39-20-27-7-8-28(21-39)42(27)32-6-4-3-5-24(32)17-37/h3-6,13-16,27-28H,7-12,19-21H2,1-2H3. The first-order chi connectivity index (χ1) is 20.8. The second kappa shape index (κ2) is 11.7. The average Bonchev–Trinajstić information content (AvgIpc) is 3.28. The molecule has 0 spiro atoms. The molecule has 2 unspecified atom stereocenters. The Morgan fingerprint density at radius 3 is 2.19 bits per heavy atom. The van der Waals surface area contributed by atoms with Gasteiger partial charge in [0.15, 0.2) is 0 Å². The van der Waals surface area contributed by atoms with Gasteiger partial charge in [0.05, 0.1) is 22.5 Å². The van der Waals surface area contributed by atoms with Crippen LogP contribution >= 0.6 is 0 Å². The molecule has 0 saturated carbocycles. The largest absolute Gasteiger partial charge is 0.366 e. The summed E-state index contributed by atoms with van der Waals surface area (Å²) in [7, 11) is 0. The Labute approximate surface area is 251 Å². The molecular weight excluding hydrogens is 546 g/mol. The fourth-order valence-electron chi connectivity index (χ4n) is 7.03. The van der Waals surface area contributed by atoms with E-state index in [1.54, 1.807) is 15.9 Å². The summed E-state index contributed by atoms with van der Waals surface area (Å²) in [5.41, 5.74) is 5.43. The lowest BCUT2D eigenvalue weighted by Gasteiger charge is -2.43. The van der Waals surface area contributed by atoms with Crippen LogP contribution in [0, 0.1) is 48.1 Å². The van der Waals surface area contributed by atoms with E-state index in [1.165, 1.54) is 0 Å². The number of rotatable bonds is 5. The van der Waals surface area contributed by atoms with Crippen molar-refractivity contribution >= 4 is 17.3 Å². The number of nitriles is 2. The number of para-hydroxylation sites is 1. The van der Waals surface area contributed by atoms with E-state index in [1.807, 2.05) is 31.2 Å². The topological polar surface area (TPSA) is 77.6 Å². The third-order valence-corrected chi connectivity index (χ3v) is 9.23. The summed E-state index contributed by atoms with van der Waals surface area (Å²) < 4.78 is 28.8. The summed E-state index contributed by atoms with van der Waals surface area (Å²) in [5, 5.41) is 18.6. The number of fused-ring (bicyclic) bond motifs is 2. The maximum absolute atomic E-state index is 14.6. The van der Waals surface area contributed by atoms with E-state index >= 15 is 0 Å². The van der Waals surface area contributed by atoms with Crippen LogP contribution in [0.15, 0.2) is 48.5 Å². The van der Waals surface area contributed by atoms with Gasteiger partial charge >= 0.3 is 0 Å². The predicted molar refractivity (Wildman–Crippen MR) is 161 cm³/mol. The molecule has 1 amide bonds. The van der Waals surface area contributed by atoms with E-state index in [-0.39, 0.29) is 17.2 Å². The van der Waals surface area contributed by atoms with Gasteiger partial charge in [0.1, 0.15) is 23.8 Å². The Bertz CT molecular complexity index is 1640. The molecular formula is C34H34F2N6O. The van der Waals surface area contributed by atoms with E-state index in [9.17, 15) is 18.8 Å². The molecule has 2 atom stereocenters. The number of halogens is 2. The van der Waals surface area contributed by atoms with Crippen molar-refractivity contribution in [3.63, 3.8) is 0 Å². The van der Waals surface area contributed by atoms with Crippen LogP contribution in [-0.2, 0) is 6.54 Å². The summed E-state index contributed by atoms with van der Waals surface area (Å²) in [6, 6.07) is 18.7. The molecule has 3 saturated heterocycles. The summed E-state index contributed by atoms with van der Waals surface area (Å²) in [6.45, 7) is 8.13. The van der Waals surface area contributed by atoms with Gasteiger partial charge in [0.25, 0.3) is 5.91 Å². The zero-order valence-corrected chi connectivity index (χ0v) is 24.5. The second-order valence-electron chi connectivity index (χ2n) is 11.9. The van der Waals surface area contributed by atoms with Crippen LogP contribution in [0.2, 0.25) is 0 Å². The lowest BCUT2D eigenvalue weighted by molar-refractivity contribution is 0.0745. The molecule has 9 heteroatoms. The Kier molecular flexibility index (Phi) is 7.77. The summed E-state index contributed by atoms with van der Waals surface area (Å²) in [4.78, 5) is 22.1. The van der Waals surface area contributed by atoms with Gasteiger partial charge in [-0.1, -0.05) is 18.2 Å². The number of carbonyl (C=O) groups excluding carboxylic acids is 1. The fourth-order valence-corrected chi connectivity index (χ4v) is 7.03. The number of aryl methyl sites for hydroxylation is 2. The maximum atomic E-state index is 14.6. The van der Waals surface area contributed by atoms with Gasteiger partial charge in [0.2, 0.25) is 0 Å². The number of nitrogens with zero attached hydrogens (tertiary/aromatic N) is 6. The lowest BCUT2D eigenvalue weighted by Crippen LogP contribution is -2.53. The first kappa shape index (κ1) is 28.6. The maximum Gasteiger partial charge on any atom is 0.254 e. The summed E-state index contributed by atoms with van der Waals surface area (Å²) in [6.07, 6.45) is 2.20. The van der Waals surface area contributed by atoms with E-state index in [4.69, 9.17) is 5.26 Å². The zero-order valence-electron chi connectivity index (χ0n) is 24.5. The smallest absolute Gasteiger partial charge is 0.254 e. The highest BCUT2D eigenvalue weighted by molar-refractivity contribution is 5.96. The van der Waals surface area contributed by atoms with Crippen LogP contribution < -0.4 is 9.80 Å². The second-order valence-corrected chi connectivity index (χ2v) is 11.9. The minimum absolute atomic E-state index is 0.0529. The third kappa shape index (κ3) is 5.42. The van der Waals surface area contributed by atoms with E-state index in [2.05, 4.69) is 34.9 Å². The molecule has 3 aromatic carbocycles. The van der Waals surface area contributed by atoms with Crippen molar-refractivity contribution in [1.29, 1.82) is 10.5 Å². The van der Waals surface area contributed by atoms with Crippen molar-refractivity contribution in [2.75, 3.05) is 49.1 Å². The van der Waals surface area contributed by atoms with Crippen molar-refractivity contribution in [1.82, 2.24) is 9.80 Å². The van der Waals surface area contributed by atoms with E-state index in [0.29, 0.717) is 43.8 Å². The van der Waals surface area contributed by atoms with Crippen molar-refractivity contribution in [2.24, 2.45) is 0 Å². The number of hydrogen-bond acceptors (Lipinski definition) is 6. The molecule has 7 nitrogen and oxygen atoms in total.